The lowest BCUT2D eigenvalue weighted by atomic mass is 10.2. The van der Waals surface area contributed by atoms with Crippen LogP contribution in [0.15, 0.2) is 24.3 Å². The fraction of sp³-hybridized carbons (Fsp3) is 0.500. The molecule has 0 radical (unpaired) electrons. The summed E-state index contributed by atoms with van der Waals surface area (Å²) in [5, 5.41) is 0. The van der Waals surface area contributed by atoms with Crippen LogP contribution in [-0.2, 0) is 10.2 Å². The Morgan fingerprint density at radius 2 is 1.86 bits per heavy atom. The van der Waals surface area contributed by atoms with Gasteiger partial charge in [0.15, 0.2) is 0 Å². The van der Waals surface area contributed by atoms with E-state index in [0.717, 1.165) is 25.7 Å². The summed E-state index contributed by atoms with van der Waals surface area (Å²) < 4.78 is 28.3. The first-order valence-electron chi connectivity index (χ1n) is 7.07. The van der Waals surface area contributed by atoms with Gasteiger partial charge in [0.1, 0.15) is 4.99 Å². The Hall–Kier alpha value is -1.18. The molecular weight excluding hydrogens is 306 g/mol. The molecule has 1 saturated heterocycles. The maximum Gasteiger partial charge on any atom is 0.303 e. The summed E-state index contributed by atoms with van der Waals surface area (Å²) in [6, 6.07) is 6.99. The van der Waals surface area contributed by atoms with Crippen LogP contribution in [0.25, 0.3) is 0 Å². The summed E-state index contributed by atoms with van der Waals surface area (Å²) in [4.78, 5) is 0.262. The normalized spacial score (nSPS) is 17.2. The van der Waals surface area contributed by atoms with Gasteiger partial charge in [-0.3, -0.25) is 4.31 Å². The van der Waals surface area contributed by atoms with E-state index in [9.17, 15) is 8.42 Å². The Kier molecular flexibility index (Phi) is 5.18. The van der Waals surface area contributed by atoms with Crippen molar-refractivity contribution in [2.24, 2.45) is 5.73 Å². The molecule has 1 aliphatic rings. The van der Waals surface area contributed by atoms with Crippen molar-refractivity contribution in [2.75, 3.05) is 24.4 Å². The van der Waals surface area contributed by atoms with Gasteiger partial charge in [-0.05, 0) is 25.0 Å². The van der Waals surface area contributed by atoms with Crippen molar-refractivity contribution in [3.05, 3.63) is 29.8 Å². The van der Waals surface area contributed by atoms with Gasteiger partial charge in [-0.15, -0.1) is 0 Å². The molecule has 0 saturated carbocycles. The van der Waals surface area contributed by atoms with Gasteiger partial charge in [-0.2, -0.15) is 12.7 Å². The van der Waals surface area contributed by atoms with Crippen molar-refractivity contribution in [1.82, 2.24) is 4.31 Å². The molecule has 2 rings (SSSR count). The Balaban J connectivity index is 2.26. The quantitative estimate of drug-likeness (QED) is 0.858. The molecule has 1 aromatic carbocycles. The fourth-order valence-corrected chi connectivity index (χ4v) is 4.01. The number of nitrogens with two attached hydrogens (primary N) is 1. The molecule has 0 atom stereocenters. The Labute approximate surface area is 131 Å². The molecule has 116 valence electrons. The highest BCUT2D eigenvalue weighted by atomic mass is 32.2. The van der Waals surface area contributed by atoms with Crippen molar-refractivity contribution in [3.8, 4) is 0 Å². The van der Waals surface area contributed by atoms with Crippen LogP contribution < -0.4 is 10.0 Å². The SMILES string of the molecule is CN(c1cccc(C(N)=S)c1)S(=O)(=O)N1CCCCCC1. The van der Waals surface area contributed by atoms with E-state index in [1.807, 2.05) is 0 Å². The first-order chi connectivity index (χ1) is 9.93. The van der Waals surface area contributed by atoms with Crippen molar-refractivity contribution >= 4 is 33.1 Å². The Bertz CT molecular complexity index is 608. The minimum absolute atomic E-state index is 0.262. The number of hydrogen-bond acceptors (Lipinski definition) is 3. The van der Waals surface area contributed by atoms with Gasteiger partial charge in [-0.1, -0.05) is 37.2 Å². The number of benzene rings is 1. The third-order valence-electron chi connectivity index (χ3n) is 3.73. The van der Waals surface area contributed by atoms with Gasteiger partial charge in [0.25, 0.3) is 0 Å². The summed E-state index contributed by atoms with van der Waals surface area (Å²) in [5.41, 5.74) is 6.85. The van der Waals surface area contributed by atoms with Crippen LogP contribution in [0, 0.1) is 0 Å². The zero-order chi connectivity index (χ0) is 15.5. The highest BCUT2D eigenvalue weighted by Crippen LogP contribution is 2.22. The van der Waals surface area contributed by atoms with Crippen molar-refractivity contribution in [3.63, 3.8) is 0 Å². The monoisotopic (exact) mass is 327 g/mol. The summed E-state index contributed by atoms with van der Waals surface area (Å²) in [6.07, 6.45) is 4.01. The largest absolute Gasteiger partial charge is 0.389 e. The van der Waals surface area contributed by atoms with Gasteiger partial charge in [-0.25, -0.2) is 0 Å². The standard InChI is InChI=1S/C14H21N3O2S2/c1-16(13-8-6-7-12(11-13)14(15)20)21(18,19)17-9-4-2-3-5-10-17/h6-8,11H,2-5,9-10H2,1H3,(H2,15,20). The topological polar surface area (TPSA) is 66.6 Å². The smallest absolute Gasteiger partial charge is 0.303 e. The summed E-state index contributed by atoms with van der Waals surface area (Å²) >= 11 is 4.94. The third kappa shape index (κ3) is 3.72. The van der Waals surface area contributed by atoms with E-state index in [0.29, 0.717) is 24.3 Å². The zero-order valence-corrected chi connectivity index (χ0v) is 13.8. The second-order valence-electron chi connectivity index (χ2n) is 5.20. The van der Waals surface area contributed by atoms with Crippen molar-refractivity contribution in [2.45, 2.75) is 25.7 Å². The molecule has 0 amide bonds. The average Bonchev–Trinajstić information content (AvgIpc) is 2.76. The highest BCUT2D eigenvalue weighted by molar-refractivity contribution is 7.90. The van der Waals surface area contributed by atoms with E-state index in [2.05, 4.69) is 0 Å². The zero-order valence-electron chi connectivity index (χ0n) is 12.2. The maximum absolute atomic E-state index is 12.7. The molecule has 0 aliphatic carbocycles. The molecule has 0 unspecified atom stereocenters. The fourth-order valence-electron chi connectivity index (χ4n) is 2.43. The molecule has 1 aliphatic heterocycles. The van der Waals surface area contributed by atoms with Crippen LogP contribution in [0.3, 0.4) is 0 Å². The minimum Gasteiger partial charge on any atom is -0.389 e. The van der Waals surface area contributed by atoms with Crippen molar-refractivity contribution in [1.29, 1.82) is 0 Å². The second kappa shape index (κ2) is 6.72. The lowest BCUT2D eigenvalue weighted by molar-refractivity contribution is 0.422. The van der Waals surface area contributed by atoms with Crippen LogP contribution >= 0.6 is 12.2 Å². The van der Waals surface area contributed by atoms with Gasteiger partial charge >= 0.3 is 10.2 Å². The van der Waals surface area contributed by atoms with Crippen LogP contribution in [-0.4, -0.2) is 37.8 Å². The molecule has 0 spiro atoms. The Morgan fingerprint density at radius 3 is 2.43 bits per heavy atom. The van der Waals surface area contributed by atoms with Gasteiger partial charge in [0, 0.05) is 25.7 Å². The minimum atomic E-state index is -3.50. The lowest BCUT2D eigenvalue weighted by Gasteiger charge is -2.28. The molecule has 7 heteroatoms. The maximum atomic E-state index is 12.7. The van der Waals surface area contributed by atoms with E-state index in [4.69, 9.17) is 18.0 Å². The Morgan fingerprint density at radius 1 is 1.24 bits per heavy atom. The first kappa shape index (κ1) is 16.2. The van der Waals surface area contributed by atoms with Gasteiger partial charge in [0.2, 0.25) is 0 Å². The number of hydrogen-bond donors (Lipinski definition) is 1. The second-order valence-corrected chi connectivity index (χ2v) is 7.60. The predicted octanol–water partition coefficient (Wildman–Crippen LogP) is 1.88. The van der Waals surface area contributed by atoms with Crippen LogP contribution in [0.4, 0.5) is 5.69 Å². The first-order valence-corrected chi connectivity index (χ1v) is 8.87. The van der Waals surface area contributed by atoms with E-state index in [1.165, 1.54) is 4.31 Å². The van der Waals surface area contributed by atoms with Crippen LogP contribution in [0.2, 0.25) is 0 Å². The summed E-state index contributed by atoms with van der Waals surface area (Å²) in [6.45, 7) is 1.17. The highest BCUT2D eigenvalue weighted by Gasteiger charge is 2.27. The molecule has 21 heavy (non-hydrogen) atoms. The van der Waals surface area contributed by atoms with Crippen LogP contribution in [0.5, 0.6) is 0 Å². The lowest BCUT2D eigenvalue weighted by Crippen LogP contribution is -2.42. The predicted molar refractivity (Wildman–Crippen MR) is 89.7 cm³/mol. The van der Waals surface area contributed by atoms with E-state index in [-0.39, 0.29) is 4.99 Å². The average molecular weight is 327 g/mol. The van der Waals surface area contributed by atoms with Crippen LogP contribution in [0.1, 0.15) is 31.2 Å². The third-order valence-corrected chi connectivity index (χ3v) is 5.89. The molecular formula is C14H21N3O2S2. The number of nitrogens with zero attached hydrogens (tertiary/aromatic N) is 2. The molecule has 1 aromatic rings. The van der Waals surface area contributed by atoms with E-state index in [1.54, 1.807) is 35.6 Å². The number of thiocarbonyl (C=S) groups is 1. The molecule has 1 heterocycles. The van der Waals surface area contributed by atoms with Crippen molar-refractivity contribution < 1.29 is 8.42 Å². The van der Waals surface area contributed by atoms with Gasteiger partial charge in [0.05, 0.1) is 5.69 Å². The molecule has 0 bridgehead atoms. The summed E-state index contributed by atoms with van der Waals surface area (Å²) in [5.74, 6) is 0. The van der Waals surface area contributed by atoms with E-state index < -0.39 is 10.2 Å². The molecule has 5 nitrogen and oxygen atoms in total. The molecule has 2 N–H and O–H groups in total. The number of rotatable bonds is 4. The molecule has 0 aromatic heterocycles. The van der Waals surface area contributed by atoms with Gasteiger partial charge < -0.3 is 5.73 Å². The number of anilines is 1. The molecule has 1 fully saturated rings. The van der Waals surface area contributed by atoms with E-state index >= 15 is 0 Å². The summed E-state index contributed by atoms with van der Waals surface area (Å²) in [7, 11) is -1.93.